The van der Waals surface area contributed by atoms with Crippen LogP contribution >= 0.6 is 11.6 Å². The molecule has 3 heteroatoms. The molecule has 0 N–H and O–H groups in total. The van der Waals surface area contributed by atoms with Gasteiger partial charge in [0, 0.05) is 5.02 Å². The second kappa shape index (κ2) is 9.83. The molecule has 0 aliphatic heterocycles. The number of hydrogen-bond acceptors (Lipinski definition) is 2. The Morgan fingerprint density at radius 1 is 1.14 bits per heavy atom. The number of rotatable bonds is 9. The van der Waals surface area contributed by atoms with Gasteiger partial charge >= 0.3 is 5.97 Å². The van der Waals surface area contributed by atoms with Crippen LogP contribution in [0.2, 0.25) is 5.02 Å². The van der Waals surface area contributed by atoms with Gasteiger partial charge in [-0.15, -0.1) is 0 Å². The fraction of sp³-hybridized carbons (Fsp3) is 0.611. The molecule has 0 aliphatic carbocycles. The number of unbranched alkanes of at least 4 members (excludes halogenated alkanes) is 1. The van der Waals surface area contributed by atoms with E-state index in [-0.39, 0.29) is 12.1 Å². The van der Waals surface area contributed by atoms with E-state index < -0.39 is 0 Å². The predicted octanol–water partition coefficient (Wildman–Crippen LogP) is 5.88. The average molecular weight is 311 g/mol. The fourth-order valence-corrected chi connectivity index (χ4v) is 2.54. The van der Waals surface area contributed by atoms with E-state index in [1.807, 2.05) is 6.92 Å². The lowest BCUT2D eigenvalue weighted by atomic mass is 9.93. The highest BCUT2D eigenvalue weighted by Gasteiger charge is 2.14. The SMILES string of the molecule is CCCC[C@H](CC)CC[C@@H](C)OC(=O)c1ccc(Cl)cc1. The first-order chi connectivity index (χ1) is 10.1. The van der Waals surface area contributed by atoms with E-state index in [4.69, 9.17) is 16.3 Å². The molecule has 0 amide bonds. The normalized spacial score (nSPS) is 13.7. The lowest BCUT2D eigenvalue weighted by Gasteiger charge is -2.18. The van der Waals surface area contributed by atoms with Crippen molar-refractivity contribution in [1.82, 2.24) is 0 Å². The van der Waals surface area contributed by atoms with Crippen LogP contribution in [-0.4, -0.2) is 12.1 Å². The number of benzene rings is 1. The van der Waals surface area contributed by atoms with Crippen molar-refractivity contribution in [2.75, 3.05) is 0 Å². The maximum atomic E-state index is 12.0. The summed E-state index contributed by atoms with van der Waals surface area (Å²) in [6.07, 6.45) is 7.05. The highest BCUT2D eigenvalue weighted by atomic mass is 35.5. The first-order valence-electron chi connectivity index (χ1n) is 8.03. The van der Waals surface area contributed by atoms with E-state index in [9.17, 15) is 4.79 Å². The first kappa shape index (κ1) is 18.0. The maximum Gasteiger partial charge on any atom is 0.338 e. The quantitative estimate of drug-likeness (QED) is 0.532. The predicted molar refractivity (Wildman–Crippen MR) is 88.9 cm³/mol. The van der Waals surface area contributed by atoms with Crippen LogP contribution in [0, 0.1) is 5.92 Å². The van der Waals surface area contributed by atoms with Gasteiger partial charge in [-0.05, 0) is 49.9 Å². The number of halogens is 1. The molecule has 1 aromatic carbocycles. The molecular weight excluding hydrogens is 284 g/mol. The lowest BCUT2D eigenvalue weighted by molar-refractivity contribution is 0.0310. The summed E-state index contributed by atoms with van der Waals surface area (Å²) in [5.41, 5.74) is 0.560. The molecule has 0 fully saturated rings. The number of carbonyl (C=O) groups excluding carboxylic acids is 1. The third kappa shape index (κ3) is 6.99. The van der Waals surface area contributed by atoms with Crippen molar-refractivity contribution in [2.45, 2.75) is 65.4 Å². The molecule has 0 bridgehead atoms. The van der Waals surface area contributed by atoms with Gasteiger partial charge < -0.3 is 4.74 Å². The van der Waals surface area contributed by atoms with Crippen LogP contribution in [-0.2, 0) is 4.74 Å². The van der Waals surface area contributed by atoms with Crippen molar-refractivity contribution in [2.24, 2.45) is 5.92 Å². The third-order valence-corrected chi connectivity index (χ3v) is 4.16. The Kier molecular flexibility index (Phi) is 8.44. The minimum atomic E-state index is -0.263. The van der Waals surface area contributed by atoms with E-state index >= 15 is 0 Å². The van der Waals surface area contributed by atoms with Crippen LogP contribution in [0.5, 0.6) is 0 Å². The summed E-state index contributed by atoms with van der Waals surface area (Å²) in [5, 5.41) is 0.626. The van der Waals surface area contributed by atoms with E-state index in [0.717, 1.165) is 18.8 Å². The Hall–Kier alpha value is -1.02. The van der Waals surface area contributed by atoms with Crippen molar-refractivity contribution >= 4 is 17.6 Å². The highest BCUT2D eigenvalue weighted by molar-refractivity contribution is 6.30. The summed E-state index contributed by atoms with van der Waals surface area (Å²) in [6, 6.07) is 6.82. The van der Waals surface area contributed by atoms with Gasteiger partial charge in [-0.25, -0.2) is 4.79 Å². The van der Waals surface area contributed by atoms with E-state index in [2.05, 4.69) is 13.8 Å². The van der Waals surface area contributed by atoms with Gasteiger partial charge in [0.25, 0.3) is 0 Å². The van der Waals surface area contributed by atoms with Crippen molar-refractivity contribution in [1.29, 1.82) is 0 Å². The molecule has 0 unspecified atom stereocenters. The van der Waals surface area contributed by atoms with Crippen molar-refractivity contribution in [3.05, 3.63) is 34.9 Å². The summed E-state index contributed by atoms with van der Waals surface area (Å²) in [4.78, 5) is 12.0. The van der Waals surface area contributed by atoms with Crippen LogP contribution in [0.3, 0.4) is 0 Å². The summed E-state index contributed by atoms with van der Waals surface area (Å²) in [6.45, 7) is 6.44. The molecule has 1 aromatic rings. The van der Waals surface area contributed by atoms with Crippen LogP contribution in [0.1, 0.15) is 69.7 Å². The lowest BCUT2D eigenvalue weighted by Crippen LogP contribution is -2.16. The molecule has 21 heavy (non-hydrogen) atoms. The Morgan fingerprint density at radius 3 is 2.38 bits per heavy atom. The van der Waals surface area contributed by atoms with Gasteiger partial charge in [0.05, 0.1) is 11.7 Å². The van der Waals surface area contributed by atoms with Crippen molar-refractivity contribution in [3.8, 4) is 0 Å². The molecule has 0 heterocycles. The Balaban J connectivity index is 2.37. The van der Waals surface area contributed by atoms with Crippen LogP contribution in [0.25, 0.3) is 0 Å². The van der Waals surface area contributed by atoms with E-state index in [0.29, 0.717) is 10.6 Å². The molecule has 118 valence electrons. The minimum absolute atomic E-state index is 0.0381. The first-order valence-corrected chi connectivity index (χ1v) is 8.41. The molecule has 2 atom stereocenters. The molecule has 0 saturated heterocycles. The largest absolute Gasteiger partial charge is 0.459 e. The molecule has 0 radical (unpaired) electrons. The van der Waals surface area contributed by atoms with E-state index in [1.54, 1.807) is 24.3 Å². The Bertz CT molecular complexity index is 414. The van der Waals surface area contributed by atoms with E-state index in [1.165, 1.54) is 25.7 Å². The van der Waals surface area contributed by atoms with Crippen LogP contribution in [0.15, 0.2) is 24.3 Å². The maximum absolute atomic E-state index is 12.0. The fourth-order valence-electron chi connectivity index (χ4n) is 2.41. The smallest absolute Gasteiger partial charge is 0.338 e. The number of esters is 1. The van der Waals surface area contributed by atoms with Crippen LogP contribution < -0.4 is 0 Å². The Morgan fingerprint density at radius 2 is 1.81 bits per heavy atom. The second-order valence-electron chi connectivity index (χ2n) is 5.72. The average Bonchev–Trinajstić information content (AvgIpc) is 2.48. The molecule has 1 rings (SSSR count). The minimum Gasteiger partial charge on any atom is -0.459 e. The van der Waals surface area contributed by atoms with Crippen molar-refractivity contribution < 1.29 is 9.53 Å². The molecule has 2 nitrogen and oxygen atoms in total. The van der Waals surface area contributed by atoms with Gasteiger partial charge in [-0.1, -0.05) is 51.1 Å². The zero-order valence-corrected chi connectivity index (χ0v) is 14.2. The zero-order chi connectivity index (χ0) is 15.7. The standard InChI is InChI=1S/C18H27ClO2/c1-4-6-7-15(5-2)9-8-14(3)21-18(20)16-10-12-17(19)13-11-16/h10-15H,4-9H2,1-3H3/t14-,15+/m1/s1. The highest BCUT2D eigenvalue weighted by Crippen LogP contribution is 2.20. The summed E-state index contributed by atoms with van der Waals surface area (Å²) in [7, 11) is 0. The molecular formula is C18H27ClO2. The number of carbonyl (C=O) groups is 1. The third-order valence-electron chi connectivity index (χ3n) is 3.91. The Labute approximate surface area is 133 Å². The zero-order valence-electron chi connectivity index (χ0n) is 13.4. The summed E-state index contributed by atoms with van der Waals surface area (Å²) >= 11 is 5.81. The molecule has 0 spiro atoms. The van der Waals surface area contributed by atoms with Crippen molar-refractivity contribution in [3.63, 3.8) is 0 Å². The summed E-state index contributed by atoms with van der Waals surface area (Å²) < 4.78 is 5.49. The van der Waals surface area contributed by atoms with Gasteiger partial charge in [-0.3, -0.25) is 0 Å². The topological polar surface area (TPSA) is 26.3 Å². The molecule has 0 aliphatic rings. The molecule has 0 saturated carbocycles. The van der Waals surface area contributed by atoms with Gasteiger partial charge in [0.15, 0.2) is 0 Å². The van der Waals surface area contributed by atoms with Gasteiger partial charge in [0.2, 0.25) is 0 Å². The summed E-state index contributed by atoms with van der Waals surface area (Å²) in [5.74, 6) is 0.488. The van der Waals surface area contributed by atoms with Crippen LogP contribution in [0.4, 0.5) is 0 Å². The number of hydrogen-bond donors (Lipinski definition) is 0. The monoisotopic (exact) mass is 310 g/mol. The van der Waals surface area contributed by atoms with Gasteiger partial charge in [-0.2, -0.15) is 0 Å². The molecule has 0 aromatic heterocycles. The van der Waals surface area contributed by atoms with Gasteiger partial charge in [0.1, 0.15) is 0 Å². The second-order valence-corrected chi connectivity index (χ2v) is 6.15. The number of ether oxygens (including phenoxy) is 1.